The highest BCUT2D eigenvalue weighted by atomic mass is 14.9. The molecule has 0 spiro atoms. The van der Waals surface area contributed by atoms with Crippen LogP contribution in [0.1, 0.15) is 237 Å². The number of aromatic nitrogens is 1. The van der Waals surface area contributed by atoms with Gasteiger partial charge in [-0.3, -0.25) is 0 Å². The molecule has 0 bridgehead atoms. The van der Waals surface area contributed by atoms with Crippen molar-refractivity contribution < 1.29 is 4.57 Å². The number of hydrogen-bond acceptors (Lipinski definition) is 0. The van der Waals surface area contributed by atoms with Crippen LogP contribution < -0.4 is 4.57 Å². The van der Waals surface area contributed by atoms with Crippen molar-refractivity contribution in [3.05, 3.63) is 29.6 Å². The molecule has 44 heavy (non-hydrogen) atoms. The second kappa shape index (κ2) is 33.5. The smallest absolute Gasteiger partial charge is 0.171 e. The van der Waals surface area contributed by atoms with Gasteiger partial charge < -0.3 is 0 Å². The lowest BCUT2D eigenvalue weighted by molar-refractivity contribution is -0.698. The van der Waals surface area contributed by atoms with Crippen LogP contribution in [0, 0.1) is 0 Å². The lowest BCUT2D eigenvalue weighted by Crippen LogP contribution is -2.34. The van der Waals surface area contributed by atoms with E-state index in [1.54, 1.807) is 11.1 Å². The average Bonchev–Trinajstić information content (AvgIpc) is 3.03. The van der Waals surface area contributed by atoms with Crippen LogP contribution in [0.2, 0.25) is 0 Å². The van der Waals surface area contributed by atoms with Crippen molar-refractivity contribution >= 4 is 0 Å². The Bertz CT molecular complexity index is 644. The van der Waals surface area contributed by atoms with Gasteiger partial charge in [-0.15, -0.1) is 0 Å². The molecule has 0 amide bonds. The molecule has 0 aliphatic rings. The molecule has 0 fully saturated rings. The number of aryl methyl sites for hydroxylation is 3. The molecule has 0 saturated heterocycles. The second-order valence-corrected chi connectivity index (χ2v) is 14.5. The third-order valence-electron chi connectivity index (χ3n) is 9.94. The summed E-state index contributed by atoms with van der Waals surface area (Å²) in [5.41, 5.74) is 3.20. The van der Waals surface area contributed by atoms with Gasteiger partial charge >= 0.3 is 0 Å². The van der Waals surface area contributed by atoms with Gasteiger partial charge in [-0.05, 0) is 38.2 Å². The summed E-state index contributed by atoms with van der Waals surface area (Å²) in [6.07, 6.45) is 53.4. The van der Waals surface area contributed by atoms with Crippen LogP contribution in [-0.4, -0.2) is 0 Å². The predicted molar refractivity (Wildman–Crippen MR) is 199 cm³/mol. The fourth-order valence-corrected chi connectivity index (χ4v) is 6.95. The van der Waals surface area contributed by atoms with E-state index in [1.807, 2.05) is 0 Å². The van der Waals surface area contributed by atoms with Crippen molar-refractivity contribution in [1.29, 1.82) is 0 Å². The normalized spacial score (nSPS) is 11.5. The monoisotopic (exact) mass is 613 g/mol. The van der Waals surface area contributed by atoms with Gasteiger partial charge in [0.15, 0.2) is 12.4 Å². The first-order chi connectivity index (χ1) is 21.8. The number of hydrogen-bond donors (Lipinski definition) is 0. The molecule has 1 heteroatoms. The number of pyridine rings is 1. The van der Waals surface area contributed by atoms with Gasteiger partial charge in [0, 0.05) is 17.5 Å². The minimum absolute atomic E-state index is 1.21. The summed E-state index contributed by atoms with van der Waals surface area (Å²) < 4.78 is 2.55. The zero-order valence-electron chi connectivity index (χ0n) is 30.9. The topological polar surface area (TPSA) is 3.88 Å². The third kappa shape index (κ3) is 27.5. The molecule has 1 nitrogen and oxygen atoms in total. The van der Waals surface area contributed by atoms with Gasteiger partial charge in [-0.1, -0.05) is 201 Å². The highest BCUT2D eigenvalue weighted by molar-refractivity contribution is 5.15. The van der Waals surface area contributed by atoms with E-state index in [1.165, 1.54) is 225 Å². The second-order valence-electron chi connectivity index (χ2n) is 14.5. The van der Waals surface area contributed by atoms with E-state index in [9.17, 15) is 0 Å². The molecule has 1 aromatic heterocycles. The highest BCUT2D eigenvalue weighted by Crippen LogP contribution is 2.17. The quantitative estimate of drug-likeness (QED) is 0.0530. The van der Waals surface area contributed by atoms with Crippen molar-refractivity contribution in [2.75, 3.05) is 0 Å². The summed E-state index contributed by atoms with van der Waals surface area (Å²) in [7, 11) is 0. The Balaban J connectivity index is 2.19. The van der Waals surface area contributed by atoms with Gasteiger partial charge in [-0.25, -0.2) is 4.57 Å². The Labute approximate surface area is 279 Å². The number of unbranched alkanes of at least 4 members (excludes halogenated alkanes) is 29. The van der Waals surface area contributed by atoms with Crippen molar-refractivity contribution in [3.8, 4) is 0 Å². The molecule has 1 aromatic rings. The molecule has 0 unspecified atom stereocenters. The maximum atomic E-state index is 2.56. The first-order valence-electron chi connectivity index (χ1n) is 20.8. The van der Waals surface area contributed by atoms with Crippen molar-refractivity contribution in [2.24, 2.45) is 0 Å². The SMILES string of the molecule is CCCCCCCCCCCCCCCCc1cc(CCCCCCCCCCCCCCCC)c[n+](CCCCCC)c1. The van der Waals surface area contributed by atoms with E-state index >= 15 is 0 Å². The summed E-state index contributed by atoms with van der Waals surface area (Å²) in [6, 6.07) is 2.56. The Morgan fingerprint density at radius 1 is 0.318 bits per heavy atom. The van der Waals surface area contributed by atoms with E-state index in [-0.39, 0.29) is 0 Å². The highest BCUT2D eigenvalue weighted by Gasteiger charge is 2.09. The van der Waals surface area contributed by atoms with Gasteiger partial charge in [0.05, 0.1) is 0 Å². The molecule has 0 radical (unpaired) electrons. The zero-order chi connectivity index (χ0) is 31.6. The molecule has 0 aromatic carbocycles. The Morgan fingerprint density at radius 2 is 0.568 bits per heavy atom. The molecule has 1 heterocycles. The Morgan fingerprint density at radius 3 is 0.864 bits per heavy atom. The van der Waals surface area contributed by atoms with Crippen LogP contribution in [0.25, 0.3) is 0 Å². The van der Waals surface area contributed by atoms with Gasteiger partial charge in [-0.2, -0.15) is 0 Å². The van der Waals surface area contributed by atoms with E-state index in [0.717, 1.165) is 0 Å². The van der Waals surface area contributed by atoms with Crippen LogP contribution >= 0.6 is 0 Å². The minimum Gasteiger partial charge on any atom is -0.205 e. The molecular weight excluding hydrogens is 530 g/mol. The van der Waals surface area contributed by atoms with Gasteiger partial charge in [0.2, 0.25) is 0 Å². The van der Waals surface area contributed by atoms with Crippen LogP contribution in [0.15, 0.2) is 18.5 Å². The Kier molecular flexibility index (Phi) is 31.4. The summed E-state index contributed by atoms with van der Waals surface area (Å²) in [4.78, 5) is 0. The maximum Gasteiger partial charge on any atom is 0.171 e. The number of nitrogens with zero attached hydrogens (tertiary/aromatic N) is 1. The van der Waals surface area contributed by atoms with Crippen LogP contribution in [0.4, 0.5) is 0 Å². The summed E-state index contributed by atoms with van der Waals surface area (Å²) >= 11 is 0. The van der Waals surface area contributed by atoms with Crippen molar-refractivity contribution in [3.63, 3.8) is 0 Å². The van der Waals surface area contributed by atoms with E-state index in [2.05, 4.69) is 43.8 Å². The van der Waals surface area contributed by atoms with Crippen molar-refractivity contribution in [1.82, 2.24) is 0 Å². The van der Waals surface area contributed by atoms with Gasteiger partial charge in [0.1, 0.15) is 6.54 Å². The zero-order valence-corrected chi connectivity index (χ0v) is 30.9. The lowest BCUT2D eigenvalue weighted by Gasteiger charge is -2.07. The fourth-order valence-electron chi connectivity index (χ4n) is 6.95. The van der Waals surface area contributed by atoms with Crippen LogP contribution in [-0.2, 0) is 19.4 Å². The minimum atomic E-state index is 1.21. The van der Waals surface area contributed by atoms with Crippen molar-refractivity contribution in [2.45, 2.75) is 246 Å². The Hall–Kier alpha value is -0.850. The molecule has 0 aliphatic carbocycles. The molecule has 0 aliphatic heterocycles. The number of rotatable bonds is 35. The molecule has 0 saturated carbocycles. The van der Waals surface area contributed by atoms with Crippen LogP contribution in [0.5, 0.6) is 0 Å². The summed E-state index contributed by atoms with van der Waals surface area (Å²) in [5.74, 6) is 0. The fraction of sp³-hybridized carbons (Fsp3) is 0.884. The molecule has 0 N–H and O–H groups in total. The summed E-state index contributed by atoms with van der Waals surface area (Å²) in [5, 5.41) is 0. The molecule has 1 rings (SSSR count). The molecule has 0 atom stereocenters. The maximum absolute atomic E-state index is 2.56. The average molecular weight is 613 g/mol. The van der Waals surface area contributed by atoms with E-state index < -0.39 is 0 Å². The predicted octanol–water partition coefficient (Wildman–Crippen LogP) is 14.6. The largest absolute Gasteiger partial charge is 0.205 e. The standard InChI is InChI=1S/C43H82N/c1-4-7-10-13-15-17-19-21-23-25-27-29-31-33-36-42-39-43(41-44(40-42)38-35-12-9-6-3)37-34-32-30-28-26-24-22-20-18-16-14-11-8-5-2/h39-41H,4-38H2,1-3H3/q+1. The lowest BCUT2D eigenvalue weighted by atomic mass is 10.0. The van der Waals surface area contributed by atoms with E-state index in [4.69, 9.17) is 0 Å². The van der Waals surface area contributed by atoms with E-state index in [0.29, 0.717) is 0 Å². The first-order valence-corrected chi connectivity index (χ1v) is 20.8. The molecule has 258 valence electrons. The molecular formula is C43H82N+. The third-order valence-corrected chi connectivity index (χ3v) is 9.94. The first kappa shape index (κ1) is 41.2. The summed E-state index contributed by atoms with van der Waals surface area (Å²) in [6.45, 7) is 8.15. The van der Waals surface area contributed by atoms with Crippen LogP contribution in [0.3, 0.4) is 0 Å². The van der Waals surface area contributed by atoms with Gasteiger partial charge in [0.25, 0.3) is 0 Å².